The lowest BCUT2D eigenvalue weighted by Crippen LogP contribution is -2.65. The molecule has 0 bridgehead atoms. The van der Waals surface area contributed by atoms with Crippen LogP contribution in [0.25, 0.3) is 98.4 Å². The lowest BCUT2D eigenvalue weighted by molar-refractivity contribution is 0.391. The van der Waals surface area contributed by atoms with E-state index in [2.05, 4.69) is 268 Å². The summed E-state index contributed by atoms with van der Waals surface area (Å²) < 4.78 is 5.20. The Morgan fingerprint density at radius 3 is 1.20 bits per heavy atom. The molecule has 0 spiro atoms. The number of nitrogens with zero attached hydrogens (tertiary/aromatic N) is 4. The molecule has 0 saturated carbocycles. The number of anilines is 4. The molecular weight excluding hydrogens is 1200 g/mol. The van der Waals surface area contributed by atoms with Crippen LogP contribution in [0, 0.1) is 23.7 Å². The molecule has 0 fully saturated rings. The van der Waals surface area contributed by atoms with Crippen LogP contribution in [0.1, 0.15) is 116 Å². The molecule has 0 saturated heterocycles. The van der Waals surface area contributed by atoms with Gasteiger partial charge in [-0.25, -0.2) is 0 Å². The van der Waals surface area contributed by atoms with Crippen molar-refractivity contribution in [3.8, 4) is 22.5 Å². The Bertz CT molecular complexity index is 5240. The standard InChI is InChI=1S/C94H83BN4/c1-5-24-60(25-6-1)72-38-22-39-73(61-26-7-2-8-27-61)93(72)98-86-58-70(96-82-42-17-13-34-76(82)77-35-14-18-43-83(77)96)50-52-80(86)95-81-53-51-71(97-84-44-19-15-36-78(84)79-37-16-20-45-85(79)97)59-87(81)99(94-74(62-28-9-3-10-29-62)40-23-41-75(94)63-30-11-4-12-31-63)89-57-69(56-88(98)92(89)95)68-54-66-48-46-64-32-21-33-65-47-49-67(55-68)91(66)90(64)65/h1,3,5,9,13-21,26,30,32-38,40,42-60,62,73,75,93-94H,2,4,6-8,10-12,22-25,27-29,31,39,41H2. The smallest absolute Gasteiger partial charge is 0.252 e. The lowest BCUT2D eigenvalue weighted by Gasteiger charge is -2.53. The van der Waals surface area contributed by atoms with Gasteiger partial charge in [-0.15, -0.1) is 0 Å². The largest absolute Gasteiger partial charge is 0.334 e. The number of para-hydroxylation sites is 4. The first-order chi connectivity index (χ1) is 49.1. The molecule has 8 aliphatic rings. The third kappa shape index (κ3) is 9.10. The van der Waals surface area contributed by atoms with Gasteiger partial charge in [-0.05, 0) is 271 Å². The van der Waals surface area contributed by atoms with Gasteiger partial charge in [0.15, 0.2) is 0 Å². The second-order valence-corrected chi connectivity index (χ2v) is 30.5. The summed E-state index contributed by atoms with van der Waals surface area (Å²) in [6.45, 7) is -0.0617. The van der Waals surface area contributed by atoms with E-state index in [1.54, 1.807) is 22.3 Å². The first kappa shape index (κ1) is 58.2. The summed E-state index contributed by atoms with van der Waals surface area (Å²) in [6, 6.07) is 79.7. The fourth-order valence-electron chi connectivity index (χ4n) is 21.1. The van der Waals surface area contributed by atoms with Gasteiger partial charge in [-0.3, -0.25) is 0 Å². The van der Waals surface area contributed by atoms with Crippen LogP contribution in [0.2, 0.25) is 0 Å². The fourth-order valence-corrected chi connectivity index (χ4v) is 21.1. The van der Waals surface area contributed by atoms with Gasteiger partial charge in [0.25, 0.3) is 6.71 Å². The number of allylic oxidation sites excluding steroid dienone is 8. The van der Waals surface area contributed by atoms with Crippen LogP contribution >= 0.6 is 0 Å². The molecule has 6 aliphatic carbocycles. The first-order valence-electron chi connectivity index (χ1n) is 37.9. The normalized spacial score (nSPS) is 22.3. The Balaban J connectivity index is 0.907. The van der Waals surface area contributed by atoms with Gasteiger partial charge in [-0.2, -0.15) is 0 Å². The van der Waals surface area contributed by atoms with E-state index in [1.165, 1.54) is 202 Å². The summed E-state index contributed by atoms with van der Waals surface area (Å²) in [7, 11) is 0. The molecule has 13 aromatic rings. The van der Waals surface area contributed by atoms with E-state index >= 15 is 0 Å². The highest BCUT2D eigenvalue weighted by Crippen LogP contribution is 2.54. The second kappa shape index (κ2) is 23.4. The van der Waals surface area contributed by atoms with Crippen molar-refractivity contribution in [3.63, 3.8) is 0 Å². The zero-order valence-corrected chi connectivity index (χ0v) is 56.7. The average Bonchev–Trinajstić information content (AvgIpc) is 0.786. The third-order valence-corrected chi connectivity index (χ3v) is 25.4. The third-order valence-electron chi connectivity index (χ3n) is 25.4. The van der Waals surface area contributed by atoms with Gasteiger partial charge in [0.05, 0.1) is 34.2 Å². The van der Waals surface area contributed by atoms with Gasteiger partial charge in [0, 0.05) is 67.5 Å². The fraction of sp³-hybridized carbons (Fsp3) is 0.255. The molecular formula is C94H83BN4. The van der Waals surface area contributed by atoms with Crippen LogP contribution in [0.3, 0.4) is 0 Å². The summed E-state index contributed by atoms with van der Waals surface area (Å²) in [5.74, 6) is 1.66. The van der Waals surface area contributed by atoms with Crippen LogP contribution in [-0.4, -0.2) is 27.9 Å². The van der Waals surface area contributed by atoms with Crippen molar-refractivity contribution < 1.29 is 0 Å². The predicted octanol–water partition coefficient (Wildman–Crippen LogP) is 23.0. The SMILES string of the molecule is C1=CCC(C2=CCCC(C3=CCCCC3)C2N2c3cc(-n4c5ccccc5c5ccccc54)ccc3B3c4ccc(-n5c6ccccc6c6ccccc65)cc4N(C4C(C5CC=CCC5)=CCCC4C4=CCCCC4)c4cc(-c5cc6ccc7cccc8ccc(c5)c6c78)cc2c43)CC1. The molecule has 99 heavy (non-hydrogen) atoms. The van der Waals surface area contributed by atoms with Crippen LogP contribution in [0.15, 0.2) is 271 Å². The number of benzene rings is 11. The van der Waals surface area contributed by atoms with Crippen LogP contribution in [0.5, 0.6) is 0 Å². The molecule has 11 aromatic carbocycles. The van der Waals surface area contributed by atoms with Crippen molar-refractivity contribution in [2.75, 3.05) is 9.80 Å². The number of hydrogen-bond acceptors (Lipinski definition) is 2. The van der Waals surface area contributed by atoms with E-state index in [-0.39, 0.29) is 18.8 Å². The van der Waals surface area contributed by atoms with Crippen molar-refractivity contribution in [2.45, 2.75) is 128 Å². The summed E-state index contributed by atoms with van der Waals surface area (Å²) in [5.41, 5.74) is 26.6. The van der Waals surface area contributed by atoms with E-state index in [0.29, 0.717) is 23.7 Å². The van der Waals surface area contributed by atoms with Crippen molar-refractivity contribution >= 4 is 122 Å². The van der Waals surface area contributed by atoms with Gasteiger partial charge in [0.2, 0.25) is 0 Å². The maximum atomic E-state index is 3.07. The Morgan fingerprint density at radius 1 is 0.333 bits per heavy atom. The lowest BCUT2D eigenvalue weighted by atomic mass is 9.33. The van der Waals surface area contributed by atoms with Crippen molar-refractivity contribution in [1.29, 1.82) is 0 Å². The molecule has 0 amide bonds. The van der Waals surface area contributed by atoms with Gasteiger partial charge >= 0.3 is 0 Å². The minimum Gasteiger partial charge on any atom is -0.334 e. The van der Waals surface area contributed by atoms with Gasteiger partial charge in [0.1, 0.15) is 0 Å². The van der Waals surface area contributed by atoms with Gasteiger partial charge < -0.3 is 18.9 Å². The molecule has 482 valence electrons. The molecule has 0 radical (unpaired) electrons. The maximum Gasteiger partial charge on any atom is 0.252 e. The molecule has 6 atom stereocenters. The van der Waals surface area contributed by atoms with E-state index in [4.69, 9.17) is 0 Å². The molecule has 6 unspecified atom stereocenters. The van der Waals surface area contributed by atoms with E-state index in [9.17, 15) is 0 Å². The Kier molecular flexibility index (Phi) is 13.8. The van der Waals surface area contributed by atoms with Crippen LogP contribution < -0.4 is 26.2 Å². The van der Waals surface area contributed by atoms with Crippen LogP contribution in [0.4, 0.5) is 22.7 Å². The van der Waals surface area contributed by atoms with Crippen molar-refractivity contribution in [1.82, 2.24) is 9.13 Å². The number of aromatic nitrogens is 2. The minimum absolute atomic E-state index is 0.0617. The maximum absolute atomic E-state index is 3.07. The average molecular weight is 1280 g/mol. The van der Waals surface area contributed by atoms with Crippen molar-refractivity contribution in [3.05, 3.63) is 271 Å². The molecule has 21 rings (SSSR count). The summed E-state index contributed by atoms with van der Waals surface area (Å²) in [5, 5.41) is 13.2. The summed E-state index contributed by atoms with van der Waals surface area (Å²) >= 11 is 0. The van der Waals surface area contributed by atoms with Gasteiger partial charge in [-0.1, -0.05) is 187 Å². The molecule has 0 N–H and O–H groups in total. The predicted molar refractivity (Wildman–Crippen MR) is 421 cm³/mol. The van der Waals surface area contributed by atoms with E-state index in [1.807, 2.05) is 0 Å². The van der Waals surface area contributed by atoms with Crippen LogP contribution in [-0.2, 0) is 0 Å². The van der Waals surface area contributed by atoms with E-state index < -0.39 is 0 Å². The highest BCUT2D eigenvalue weighted by atomic mass is 15.2. The molecule has 4 heterocycles. The molecule has 5 heteroatoms. The molecule has 4 nitrogen and oxygen atoms in total. The monoisotopic (exact) mass is 1280 g/mol. The Morgan fingerprint density at radius 2 is 0.768 bits per heavy atom. The quantitative estimate of drug-likeness (QED) is 0.0814. The number of hydrogen-bond donors (Lipinski definition) is 0. The molecule has 2 aromatic heterocycles. The summed E-state index contributed by atoms with van der Waals surface area (Å²) in [4.78, 5) is 6.14. The Labute approximate surface area is 582 Å². The summed E-state index contributed by atoms with van der Waals surface area (Å²) in [6.07, 6.45) is 42.3. The zero-order valence-electron chi connectivity index (χ0n) is 56.7. The Hall–Kier alpha value is -9.84. The number of fused-ring (bicyclic) bond motifs is 10. The zero-order chi connectivity index (χ0) is 64.8. The van der Waals surface area contributed by atoms with Crippen molar-refractivity contribution in [2.24, 2.45) is 23.7 Å². The first-order valence-corrected chi connectivity index (χ1v) is 37.9. The highest BCUT2D eigenvalue weighted by Gasteiger charge is 2.51. The molecule has 2 aliphatic heterocycles. The highest BCUT2D eigenvalue weighted by molar-refractivity contribution is 7.00. The minimum atomic E-state index is -0.0617. The van der Waals surface area contributed by atoms with E-state index in [0.717, 1.165) is 51.4 Å². The topological polar surface area (TPSA) is 16.3 Å². The number of rotatable bonds is 9. The second-order valence-electron chi connectivity index (χ2n) is 30.5.